The van der Waals surface area contributed by atoms with Crippen LogP contribution in [0, 0.1) is 0 Å². The van der Waals surface area contributed by atoms with Crippen molar-refractivity contribution in [1.82, 2.24) is 9.62 Å². The van der Waals surface area contributed by atoms with Gasteiger partial charge in [-0.2, -0.15) is 0 Å². The van der Waals surface area contributed by atoms with Gasteiger partial charge in [0.15, 0.2) is 6.17 Å². The molecule has 0 fully saturated rings. The van der Waals surface area contributed by atoms with E-state index in [2.05, 4.69) is 11.3 Å². The third-order valence-electron chi connectivity index (χ3n) is 3.32. The molecule has 1 aromatic rings. The average Bonchev–Trinajstić information content (AvgIpc) is 2.39. The van der Waals surface area contributed by atoms with Crippen LogP contribution in [0.5, 0.6) is 0 Å². The van der Waals surface area contributed by atoms with Crippen LogP contribution in [-0.2, 0) is 11.4 Å². The molecule has 0 radical (unpaired) electrons. The fourth-order valence-corrected chi connectivity index (χ4v) is 2.92. The maximum Gasteiger partial charge on any atom is 0.255 e. The highest BCUT2D eigenvalue weighted by atomic mass is 32.2. The summed E-state index contributed by atoms with van der Waals surface area (Å²) in [5, 5.41) is 0. The predicted octanol–water partition coefficient (Wildman–Crippen LogP) is 2.16. The summed E-state index contributed by atoms with van der Waals surface area (Å²) in [4.78, 5) is 13.9. The fourth-order valence-electron chi connectivity index (χ4n) is 2.07. The number of nitrogens with one attached hydrogen (secondary N) is 1. The van der Waals surface area contributed by atoms with Gasteiger partial charge in [0, 0.05) is 24.0 Å². The summed E-state index contributed by atoms with van der Waals surface area (Å²) >= 11 is -1.27. The van der Waals surface area contributed by atoms with Gasteiger partial charge in [-0.1, -0.05) is 24.8 Å². The van der Waals surface area contributed by atoms with Crippen LogP contribution in [0.3, 0.4) is 0 Å². The lowest BCUT2D eigenvalue weighted by atomic mass is 9.93. The lowest BCUT2D eigenvalue weighted by Gasteiger charge is -2.37. The minimum Gasteiger partial charge on any atom is -0.598 e. The molecule has 1 heterocycles. The Kier molecular flexibility index (Phi) is 3.95. The van der Waals surface area contributed by atoms with Crippen LogP contribution in [0.2, 0.25) is 0 Å². The summed E-state index contributed by atoms with van der Waals surface area (Å²) in [7, 11) is 1.70. The summed E-state index contributed by atoms with van der Waals surface area (Å²) in [5.74, 6) is -0.0867. The first kappa shape index (κ1) is 15.1. The van der Waals surface area contributed by atoms with E-state index in [1.165, 1.54) is 0 Å². The second-order valence-electron chi connectivity index (χ2n) is 5.89. The second-order valence-corrected chi connectivity index (χ2v) is 7.89. The number of likely N-dealkylation sites (N-methyl/N-ethyl adjacent to an activating group) is 1. The molecule has 20 heavy (non-hydrogen) atoms. The van der Waals surface area contributed by atoms with Gasteiger partial charge in [0.25, 0.3) is 5.91 Å². The molecule has 0 bridgehead atoms. The monoisotopic (exact) mass is 292 g/mol. The Morgan fingerprint density at radius 3 is 2.40 bits per heavy atom. The molecule has 108 valence electrons. The number of fused-ring (bicyclic) bond motifs is 1. The van der Waals surface area contributed by atoms with Crippen LogP contribution < -0.4 is 4.72 Å². The van der Waals surface area contributed by atoms with Crippen molar-refractivity contribution in [3.63, 3.8) is 0 Å². The van der Waals surface area contributed by atoms with Crippen LogP contribution in [0.25, 0.3) is 5.57 Å². The molecule has 1 aromatic carbocycles. The van der Waals surface area contributed by atoms with E-state index >= 15 is 0 Å². The Labute approximate surface area is 123 Å². The zero-order chi connectivity index (χ0) is 15.1. The Morgan fingerprint density at radius 2 is 1.85 bits per heavy atom. The zero-order valence-electron chi connectivity index (χ0n) is 12.3. The van der Waals surface area contributed by atoms with E-state index in [9.17, 15) is 9.35 Å². The van der Waals surface area contributed by atoms with Crippen LogP contribution in [-0.4, -0.2) is 33.3 Å². The number of nitrogens with zero attached hydrogens (tertiary/aromatic N) is 1. The summed E-state index contributed by atoms with van der Waals surface area (Å²) < 4.78 is 14.9. The van der Waals surface area contributed by atoms with Gasteiger partial charge in [0.1, 0.15) is 4.75 Å². The number of rotatable bonds is 2. The Hall–Kier alpha value is -1.30. The van der Waals surface area contributed by atoms with Gasteiger partial charge in [0.2, 0.25) is 0 Å². The maximum absolute atomic E-state index is 12.3. The highest BCUT2D eigenvalue weighted by Gasteiger charge is 2.37. The predicted molar refractivity (Wildman–Crippen MR) is 82.4 cm³/mol. The summed E-state index contributed by atoms with van der Waals surface area (Å²) in [5.41, 5.74) is 2.22. The van der Waals surface area contributed by atoms with Crippen LogP contribution in [0.15, 0.2) is 30.8 Å². The molecular weight excluding hydrogens is 272 g/mol. The number of carbonyl (C=O) groups excluding carboxylic acids is 1. The van der Waals surface area contributed by atoms with E-state index in [1.807, 2.05) is 39.0 Å². The van der Waals surface area contributed by atoms with Gasteiger partial charge in [-0.3, -0.25) is 4.79 Å². The number of hydrogen-bond donors (Lipinski definition) is 1. The van der Waals surface area contributed by atoms with Gasteiger partial charge in [-0.25, -0.2) is 0 Å². The first-order valence-corrected chi connectivity index (χ1v) is 7.62. The van der Waals surface area contributed by atoms with Crippen LogP contribution in [0.1, 0.15) is 36.7 Å². The van der Waals surface area contributed by atoms with Crippen LogP contribution >= 0.6 is 0 Å². The van der Waals surface area contributed by atoms with Crippen molar-refractivity contribution in [1.29, 1.82) is 0 Å². The summed E-state index contributed by atoms with van der Waals surface area (Å²) in [6.07, 6.45) is -0.447. The first-order valence-electron chi connectivity index (χ1n) is 6.47. The maximum atomic E-state index is 12.3. The lowest BCUT2D eigenvalue weighted by Crippen LogP contribution is -2.55. The molecule has 4 nitrogen and oxygen atoms in total. The van der Waals surface area contributed by atoms with E-state index < -0.39 is 22.3 Å². The number of hydrogen-bond acceptors (Lipinski definition) is 3. The first-order chi connectivity index (χ1) is 9.23. The highest BCUT2D eigenvalue weighted by molar-refractivity contribution is 7.90. The highest BCUT2D eigenvalue weighted by Crippen LogP contribution is 2.30. The zero-order valence-corrected chi connectivity index (χ0v) is 13.1. The lowest BCUT2D eigenvalue weighted by molar-refractivity contribution is 0.0748. The van der Waals surface area contributed by atoms with Crippen molar-refractivity contribution in [2.24, 2.45) is 0 Å². The minimum atomic E-state index is -1.27. The molecule has 1 unspecified atom stereocenters. The van der Waals surface area contributed by atoms with Gasteiger partial charge < -0.3 is 9.45 Å². The van der Waals surface area contributed by atoms with E-state index in [1.54, 1.807) is 18.0 Å². The Bertz CT molecular complexity index is 551. The molecule has 1 amide bonds. The SMILES string of the molecule is C=C1c2ccccc2C(=O)N(C)[C@@H]1N[S+]([O-])C(C)(C)C. The molecule has 1 N–H and O–H groups in total. The molecule has 1 aliphatic heterocycles. The van der Waals surface area contributed by atoms with Crippen molar-refractivity contribution < 1.29 is 9.35 Å². The average molecular weight is 292 g/mol. The molecule has 0 aromatic heterocycles. The summed E-state index contributed by atoms with van der Waals surface area (Å²) in [6.45, 7) is 9.73. The molecule has 5 heteroatoms. The normalized spacial score (nSPS) is 20.9. The quantitative estimate of drug-likeness (QED) is 0.850. The molecule has 0 aliphatic carbocycles. The molecule has 0 spiro atoms. The summed E-state index contributed by atoms with van der Waals surface area (Å²) in [6, 6.07) is 7.37. The Balaban J connectivity index is 2.33. The smallest absolute Gasteiger partial charge is 0.255 e. The molecule has 1 aliphatic rings. The molecule has 2 rings (SSSR count). The second kappa shape index (κ2) is 5.24. The van der Waals surface area contributed by atoms with E-state index in [-0.39, 0.29) is 5.91 Å². The third-order valence-corrected chi connectivity index (χ3v) is 4.87. The van der Waals surface area contributed by atoms with Crippen molar-refractivity contribution >= 4 is 22.8 Å². The third kappa shape index (κ3) is 2.61. The topological polar surface area (TPSA) is 55.4 Å². The van der Waals surface area contributed by atoms with Crippen molar-refractivity contribution in [2.45, 2.75) is 31.7 Å². The fraction of sp³-hybridized carbons (Fsp3) is 0.400. The molecule has 2 atom stereocenters. The van der Waals surface area contributed by atoms with Gasteiger partial charge in [0.05, 0.1) is 0 Å². The number of amides is 1. The largest absolute Gasteiger partial charge is 0.598 e. The number of benzene rings is 1. The molecule has 0 saturated heterocycles. The van der Waals surface area contributed by atoms with E-state index in [4.69, 9.17) is 0 Å². The minimum absolute atomic E-state index is 0.0867. The van der Waals surface area contributed by atoms with Crippen molar-refractivity contribution in [2.75, 3.05) is 7.05 Å². The van der Waals surface area contributed by atoms with Crippen molar-refractivity contribution in [3.05, 3.63) is 42.0 Å². The molecule has 0 saturated carbocycles. The van der Waals surface area contributed by atoms with E-state index in [0.717, 1.165) is 11.1 Å². The van der Waals surface area contributed by atoms with Gasteiger partial charge in [-0.05, 0) is 38.0 Å². The standard InChI is InChI=1S/C15H20N2O2S/c1-10-11-8-6-7-9-12(11)14(18)17(5)13(10)16-20(19)15(2,3)4/h6-9,13,16H,1H2,2-5H3/t13-,20?/m0/s1. The van der Waals surface area contributed by atoms with Crippen LogP contribution in [0.4, 0.5) is 0 Å². The van der Waals surface area contributed by atoms with Gasteiger partial charge >= 0.3 is 0 Å². The number of carbonyl (C=O) groups is 1. The Morgan fingerprint density at radius 1 is 1.30 bits per heavy atom. The van der Waals surface area contributed by atoms with Gasteiger partial charge in [-0.15, -0.1) is 4.72 Å². The van der Waals surface area contributed by atoms with E-state index in [0.29, 0.717) is 5.56 Å². The molecular formula is C15H20N2O2S. The van der Waals surface area contributed by atoms with Crippen molar-refractivity contribution in [3.8, 4) is 0 Å².